The fraction of sp³-hybridized carbons (Fsp3) is 0.684. The molecule has 0 aliphatic carbocycles. The summed E-state index contributed by atoms with van der Waals surface area (Å²) in [4.78, 5) is 49.0. The number of carboxylic acids is 1. The van der Waals surface area contributed by atoms with Gasteiger partial charge in [0.2, 0.25) is 12.0 Å². The van der Waals surface area contributed by atoms with Gasteiger partial charge < -0.3 is 29.7 Å². The van der Waals surface area contributed by atoms with Gasteiger partial charge in [0.05, 0.1) is 0 Å². The van der Waals surface area contributed by atoms with Gasteiger partial charge in [-0.1, -0.05) is 6.08 Å². The third-order valence-corrected chi connectivity index (χ3v) is 3.47. The minimum atomic E-state index is -1.32. The Balaban J connectivity index is 4.23. The van der Waals surface area contributed by atoms with E-state index in [9.17, 15) is 19.2 Å². The molecule has 0 aromatic carbocycles. The minimum absolute atomic E-state index is 0.0430. The normalized spacial score (nSPS) is 12.2. The molecule has 0 aromatic heterocycles. The van der Waals surface area contributed by atoms with Crippen molar-refractivity contribution in [3.8, 4) is 0 Å². The van der Waals surface area contributed by atoms with Gasteiger partial charge in [0, 0.05) is 34.2 Å². The van der Waals surface area contributed by atoms with E-state index < -0.39 is 29.9 Å². The zero-order chi connectivity index (χ0) is 22.6. The average molecular weight is 415 g/mol. The Bertz CT molecular complexity index is 597. The molecular formula is C19H33N3O7. The van der Waals surface area contributed by atoms with Gasteiger partial charge in [0.25, 0.3) is 0 Å². The number of amides is 3. The Morgan fingerprint density at radius 1 is 1.14 bits per heavy atom. The molecule has 0 aliphatic rings. The molecule has 29 heavy (non-hydrogen) atoms. The zero-order valence-corrected chi connectivity index (χ0v) is 18.1. The molecule has 2 N–H and O–H groups in total. The van der Waals surface area contributed by atoms with Crippen LogP contribution in [0.5, 0.6) is 0 Å². The van der Waals surface area contributed by atoms with E-state index in [1.54, 1.807) is 41.9 Å². The number of aliphatic carboxylic acids is 1. The first-order valence-corrected chi connectivity index (χ1v) is 9.32. The summed E-state index contributed by atoms with van der Waals surface area (Å²) in [5, 5.41) is 11.6. The highest BCUT2D eigenvalue weighted by Gasteiger charge is 2.22. The van der Waals surface area contributed by atoms with Crippen LogP contribution < -0.4 is 5.32 Å². The lowest BCUT2D eigenvalue weighted by atomic mass is 10.2. The van der Waals surface area contributed by atoms with Crippen LogP contribution in [0, 0.1) is 0 Å². The predicted octanol–water partition coefficient (Wildman–Crippen LogP) is 1.85. The summed E-state index contributed by atoms with van der Waals surface area (Å²) < 4.78 is 10.1. The molecule has 0 heterocycles. The number of alkyl carbamates (subject to hydrolysis) is 1. The van der Waals surface area contributed by atoms with Gasteiger partial charge >= 0.3 is 18.2 Å². The number of hydrogen-bond donors (Lipinski definition) is 2. The van der Waals surface area contributed by atoms with Crippen molar-refractivity contribution in [1.29, 1.82) is 0 Å². The molecule has 3 amide bonds. The molecule has 0 unspecified atom stereocenters. The standard InChI is InChI=1S/C19H33N3O7/c1-19(2,3)29-18(27)22(6)13-9-12-20-17(26)28-14(16(24)25)10-7-8-11-15(23)21(4)5/h8,11,14H,7,9-10,12-13H2,1-6H3,(H,20,26)(H,24,25)/b11-8+/t14-/m0/s1. The molecule has 166 valence electrons. The summed E-state index contributed by atoms with van der Waals surface area (Å²) in [6.07, 6.45) is 0.978. The van der Waals surface area contributed by atoms with E-state index in [4.69, 9.17) is 14.6 Å². The first-order valence-electron chi connectivity index (χ1n) is 9.32. The molecule has 0 aromatic rings. The van der Waals surface area contributed by atoms with Gasteiger partial charge in [-0.3, -0.25) is 4.79 Å². The maximum Gasteiger partial charge on any atom is 0.410 e. The molecule has 1 atom stereocenters. The minimum Gasteiger partial charge on any atom is -0.479 e. The predicted molar refractivity (Wildman–Crippen MR) is 106 cm³/mol. The molecule has 10 nitrogen and oxygen atoms in total. The number of carbonyl (C=O) groups excluding carboxylic acids is 3. The van der Waals surface area contributed by atoms with Crippen LogP contribution in [0.25, 0.3) is 0 Å². The van der Waals surface area contributed by atoms with E-state index in [1.165, 1.54) is 22.0 Å². The molecule has 0 spiro atoms. The molecule has 0 fully saturated rings. The molecule has 0 radical (unpaired) electrons. The van der Waals surface area contributed by atoms with Crippen LogP contribution in [0.1, 0.15) is 40.0 Å². The second-order valence-electron chi connectivity index (χ2n) is 7.63. The topological polar surface area (TPSA) is 125 Å². The van der Waals surface area contributed by atoms with Gasteiger partial charge in [-0.2, -0.15) is 0 Å². The van der Waals surface area contributed by atoms with Gasteiger partial charge in [-0.05, 0) is 46.1 Å². The van der Waals surface area contributed by atoms with Gasteiger partial charge in [-0.25, -0.2) is 14.4 Å². The maximum atomic E-state index is 11.8. The van der Waals surface area contributed by atoms with Crippen molar-refractivity contribution >= 4 is 24.1 Å². The highest BCUT2D eigenvalue weighted by Crippen LogP contribution is 2.09. The highest BCUT2D eigenvalue weighted by atomic mass is 16.6. The summed E-state index contributed by atoms with van der Waals surface area (Å²) in [5.74, 6) is -1.48. The van der Waals surface area contributed by atoms with E-state index >= 15 is 0 Å². The van der Waals surface area contributed by atoms with Crippen LogP contribution in [0.4, 0.5) is 9.59 Å². The summed E-state index contributed by atoms with van der Waals surface area (Å²) in [6, 6.07) is 0. The van der Waals surface area contributed by atoms with Gasteiger partial charge in [0.15, 0.2) is 0 Å². The molecule has 0 rings (SSSR count). The first-order chi connectivity index (χ1) is 13.3. The highest BCUT2D eigenvalue weighted by molar-refractivity contribution is 5.87. The maximum absolute atomic E-state index is 11.8. The van der Waals surface area contributed by atoms with Gasteiger partial charge in [0.1, 0.15) is 5.60 Å². The molecular weight excluding hydrogens is 382 g/mol. The SMILES string of the molecule is CN(C)C(=O)/C=C/CC[C@H](OC(=O)NCCCN(C)C(=O)OC(C)(C)C)C(=O)O. The summed E-state index contributed by atoms with van der Waals surface area (Å²) in [7, 11) is 4.79. The summed E-state index contributed by atoms with van der Waals surface area (Å²) in [6.45, 7) is 5.86. The van der Waals surface area contributed by atoms with Crippen LogP contribution in [-0.2, 0) is 19.1 Å². The molecule has 10 heteroatoms. The van der Waals surface area contributed by atoms with E-state index in [0.29, 0.717) is 13.0 Å². The Labute approximate surface area is 171 Å². The number of likely N-dealkylation sites (N-methyl/N-ethyl adjacent to an activating group) is 1. The van der Waals surface area contributed by atoms with Crippen molar-refractivity contribution in [2.24, 2.45) is 0 Å². The number of nitrogens with one attached hydrogen (secondary N) is 1. The lowest BCUT2D eigenvalue weighted by Crippen LogP contribution is -2.37. The third-order valence-electron chi connectivity index (χ3n) is 3.47. The Morgan fingerprint density at radius 2 is 1.76 bits per heavy atom. The van der Waals surface area contributed by atoms with Crippen molar-refractivity contribution in [2.45, 2.75) is 51.7 Å². The average Bonchev–Trinajstić information content (AvgIpc) is 2.58. The molecule has 0 saturated carbocycles. The van der Waals surface area contributed by atoms with Crippen LogP contribution in [0.3, 0.4) is 0 Å². The Hall–Kier alpha value is -2.78. The summed E-state index contributed by atoms with van der Waals surface area (Å²) >= 11 is 0. The van der Waals surface area contributed by atoms with E-state index in [1.807, 2.05) is 0 Å². The van der Waals surface area contributed by atoms with Crippen molar-refractivity contribution in [2.75, 3.05) is 34.2 Å². The van der Waals surface area contributed by atoms with Crippen molar-refractivity contribution in [3.05, 3.63) is 12.2 Å². The number of rotatable bonds is 10. The molecule has 0 bridgehead atoms. The Morgan fingerprint density at radius 3 is 2.28 bits per heavy atom. The van der Waals surface area contributed by atoms with Crippen molar-refractivity contribution in [3.63, 3.8) is 0 Å². The van der Waals surface area contributed by atoms with E-state index in [-0.39, 0.29) is 25.3 Å². The Kier molecular flexibility index (Phi) is 11.4. The monoisotopic (exact) mass is 415 g/mol. The third kappa shape index (κ3) is 13.1. The first kappa shape index (κ1) is 26.2. The number of carbonyl (C=O) groups is 4. The number of nitrogens with zero attached hydrogens (tertiary/aromatic N) is 2. The van der Waals surface area contributed by atoms with Crippen LogP contribution in [0.2, 0.25) is 0 Å². The number of hydrogen-bond acceptors (Lipinski definition) is 6. The number of carboxylic acid groups (broad SMARTS) is 1. The van der Waals surface area contributed by atoms with Crippen LogP contribution >= 0.6 is 0 Å². The smallest absolute Gasteiger partial charge is 0.410 e. The quantitative estimate of drug-likeness (QED) is 0.412. The number of allylic oxidation sites excluding steroid dienone is 1. The summed E-state index contributed by atoms with van der Waals surface area (Å²) in [5.41, 5.74) is -0.589. The van der Waals surface area contributed by atoms with Crippen LogP contribution in [0.15, 0.2) is 12.2 Å². The zero-order valence-electron chi connectivity index (χ0n) is 18.1. The van der Waals surface area contributed by atoms with E-state index in [0.717, 1.165) is 0 Å². The number of ether oxygens (including phenoxy) is 2. The second-order valence-corrected chi connectivity index (χ2v) is 7.63. The van der Waals surface area contributed by atoms with Crippen molar-refractivity contribution < 1.29 is 33.8 Å². The second kappa shape index (κ2) is 12.6. The fourth-order valence-electron chi connectivity index (χ4n) is 1.92. The molecule has 0 aliphatic heterocycles. The van der Waals surface area contributed by atoms with Crippen molar-refractivity contribution in [1.82, 2.24) is 15.1 Å². The lowest BCUT2D eigenvalue weighted by molar-refractivity contribution is -0.147. The largest absolute Gasteiger partial charge is 0.479 e. The lowest BCUT2D eigenvalue weighted by Gasteiger charge is -2.24. The molecule has 0 saturated heterocycles. The van der Waals surface area contributed by atoms with E-state index in [2.05, 4.69) is 5.32 Å². The van der Waals surface area contributed by atoms with Crippen LogP contribution in [-0.4, -0.2) is 84.9 Å². The fourth-order valence-corrected chi connectivity index (χ4v) is 1.92. The van der Waals surface area contributed by atoms with Gasteiger partial charge in [-0.15, -0.1) is 0 Å².